The minimum absolute atomic E-state index is 0.00496. The number of amides is 4. The topological polar surface area (TPSA) is 98.8 Å². The highest BCUT2D eigenvalue weighted by atomic mass is 19.2. The van der Waals surface area contributed by atoms with Gasteiger partial charge in [0.15, 0.2) is 17.5 Å². The molecule has 4 amide bonds. The van der Waals surface area contributed by atoms with Gasteiger partial charge in [-0.05, 0) is 19.3 Å². The molecule has 4 heterocycles. The lowest BCUT2D eigenvalue weighted by atomic mass is 10.0. The Morgan fingerprint density at radius 1 is 0.800 bits per heavy atom. The summed E-state index contributed by atoms with van der Waals surface area (Å²) in [5.74, 6) is -8.84. The lowest BCUT2D eigenvalue weighted by Crippen LogP contribution is -2.54. The summed E-state index contributed by atoms with van der Waals surface area (Å²) < 4.78 is 43.9. The molecule has 8 nitrogen and oxygen atoms in total. The Hall–Kier alpha value is -2.95. The normalized spacial score (nSPS) is 28.3. The number of fused-ring (bicyclic) bond motifs is 3. The summed E-state index contributed by atoms with van der Waals surface area (Å²) >= 11 is 0. The number of piperidine rings is 1. The van der Waals surface area contributed by atoms with Crippen LogP contribution < -0.4 is 15.5 Å². The SMILES string of the molecule is O=C1CCC(N2C(=O)c3c(F)c(F)c(F)c(N4CC5CCC(C4)N5)c3C2=O)C(=O)N1. The van der Waals surface area contributed by atoms with Crippen LogP contribution in [0.25, 0.3) is 0 Å². The maximum Gasteiger partial charge on any atom is 0.265 e. The maximum atomic E-state index is 14.9. The molecule has 158 valence electrons. The van der Waals surface area contributed by atoms with Crippen LogP contribution >= 0.6 is 0 Å². The highest BCUT2D eigenvalue weighted by Gasteiger charge is 2.50. The van der Waals surface area contributed by atoms with Crippen molar-refractivity contribution in [1.82, 2.24) is 15.5 Å². The van der Waals surface area contributed by atoms with Crippen LogP contribution in [-0.4, -0.2) is 59.7 Å². The van der Waals surface area contributed by atoms with Crippen LogP contribution in [0.4, 0.5) is 18.9 Å². The van der Waals surface area contributed by atoms with E-state index in [1.165, 1.54) is 4.90 Å². The van der Waals surface area contributed by atoms with Crippen LogP contribution in [-0.2, 0) is 9.59 Å². The standard InChI is InChI=1S/C19H17F3N4O4/c20-13-11-12(19(30)26(18(11)29)9-3-4-10(27)24-17(9)28)16(15(22)14(13)21)25-5-7-1-2-8(6-25)23-7/h7-9,23H,1-6H2,(H,24,27,28). The fourth-order valence-corrected chi connectivity index (χ4v) is 4.88. The Bertz CT molecular complexity index is 1020. The number of carbonyl (C=O) groups is 4. The summed E-state index contributed by atoms with van der Waals surface area (Å²) in [6.07, 6.45) is 1.38. The zero-order chi connectivity index (χ0) is 21.3. The van der Waals surface area contributed by atoms with Crippen molar-refractivity contribution in [3.63, 3.8) is 0 Å². The predicted molar refractivity (Wildman–Crippen MR) is 95.1 cm³/mol. The molecule has 2 N–H and O–H groups in total. The Balaban J connectivity index is 1.62. The van der Waals surface area contributed by atoms with Crippen molar-refractivity contribution >= 4 is 29.3 Å². The third-order valence-corrected chi connectivity index (χ3v) is 6.22. The third kappa shape index (κ3) is 2.57. The summed E-state index contributed by atoms with van der Waals surface area (Å²) in [4.78, 5) is 51.6. The van der Waals surface area contributed by atoms with Crippen molar-refractivity contribution in [2.24, 2.45) is 0 Å². The van der Waals surface area contributed by atoms with Crippen molar-refractivity contribution in [3.05, 3.63) is 28.6 Å². The molecule has 0 saturated carbocycles. The average molecular weight is 422 g/mol. The van der Waals surface area contributed by atoms with E-state index in [-0.39, 0.29) is 38.0 Å². The number of rotatable bonds is 2. The molecule has 3 atom stereocenters. The van der Waals surface area contributed by atoms with Gasteiger partial charge in [-0.25, -0.2) is 13.2 Å². The van der Waals surface area contributed by atoms with E-state index in [1.54, 1.807) is 0 Å². The fraction of sp³-hybridized carbons (Fsp3) is 0.474. The van der Waals surface area contributed by atoms with Crippen molar-refractivity contribution in [2.45, 2.75) is 43.8 Å². The second-order valence-corrected chi connectivity index (χ2v) is 8.03. The Morgan fingerprint density at radius 2 is 1.43 bits per heavy atom. The molecule has 30 heavy (non-hydrogen) atoms. The second-order valence-electron chi connectivity index (χ2n) is 8.03. The number of piperazine rings is 1. The molecular weight excluding hydrogens is 405 g/mol. The predicted octanol–water partition coefficient (Wildman–Crippen LogP) is 0.446. The van der Waals surface area contributed by atoms with E-state index in [9.17, 15) is 32.3 Å². The van der Waals surface area contributed by atoms with Gasteiger partial charge in [0.2, 0.25) is 11.8 Å². The molecule has 0 aromatic heterocycles. The van der Waals surface area contributed by atoms with Crippen LogP contribution in [0.15, 0.2) is 0 Å². The van der Waals surface area contributed by atoms with Crippen LogP contribution in [0.1, 0.15) is 46.4 Å². The molecule has 0 radical (unpaired) electrons. The van der Waals surface area contributed by atoms with Crippen LogP contribution in [0, 0.1) is 17.5 Å². The summed E-state index contributed by atoms with van der Waals surface area (Å²) in [5.41, 5.74) is -1.89. The maximum absolute atomic E-state index is 14.9. The summed E-state index contributed by atoms with van der Waals surface area (Å²) in [7, 11) is 0. The van der Waals surface area contributed by atoms with Gasteiger partial charge in [0.05, 0.1) is 16.8 Å². The average Bonchev–Trinajstić information content (AvgIpc) is 3.16. The lowest BCUT2D eigenvalue weighted by Gasteiger charge is -2.35. The monoisotopic (exact) mass is 422 g/mol. The summed E-state index contributed by atoms with van der Waals surface area (Å²) in [6, 6.07) is -1.34. The van der Waals surface area contributed by atoms with Crippen LogP contribution in [0.2, 0.25) is 0 Å². The lowest BCUT2D eigenvalue weighted by molar-refractivity contribution is -0.136. The number of halogens is 3. The van der Waals surface area contributed by atoms with Crippen molar-refractivity contribution in [3.8, 4) is 0 Å². The van der Waals surface area contributed by atoms with Gasteiger partial charge in [-0.1, -0.05) is 0 Å². The van der Waals surface area contributed by atoms with E-state index in [0.29, 0.717) is 4.90 Å². The molecule has 3 unspecified atom stereocenters. The van der Waals surface area contributed by atoms with Gasteiger partial charge in [-0.2, -0.15) is 0 Å². The first-order valence-electron chi connectivity index (χ1n) is 9.71. The molecule has 11 heteroatoms. The number of benzene rings is 1. The van der Waals surface area contributed by atoms with Crippen molar-refractivity contribution in [1.29, 1.82) is 0 Å². The van der Waals surface area contributed by atoms with E-state index < -0.39 is 63.9 Å². The number of imide groups is 2. The molecule has 3 fully saturated rings. The van der Waals surface area contributed by atoms with E-state index in [2.05, 4.69) is 5.32 Å². The van der Waals surface area contributed by atoms with E-state index >= 15 is 0 Å². The van der Waals surface area contributed by atoms with E-state index in [0.717, 1.165) is 12.8 Å². The Labute approximate surface area is 168 Å². The Kier molecular flexibility index (Phi) is 4.14. The van der Waals surface area contributed by atoms with Gasteiger partial charge in [0, 0.05) is 31.6 Å². The van der Waals surface area contributed by atoms with Gasteiger partial charge in [-0.15, -0.1) is 0 Å². The van der Waals surface area contributed by atoms with Gasteiger partial charge in [0.25, 0.3) is 11.8 Å². The van der Waals surface area contributed by atoms with Gasteiger partial charge >= 0.3 is 0 Å². The zero-order valence-corrected chi connectivity index (χ0v) is 15.6. The molecule has 0 spiro atoms. The molecule has 3 saturated heterocycles. The molecule has 4 aliphatic heterocycles. The molecule has 1 aromatic carbocycles. The molecule has 5 rings (SSSR count). The highest BCUT2D eigenvalue weighted by Crippen LogP contribution is 2.40. The minimum atomic E-state index is -1.83. The first kappa shape index (κ1) is 19.0. The zero-order valence-electron chi connectivity index (χ0n) is 15.6. The number of hydrogen-bond acceptors (Lipinski definition) is 6. The molecule has 2 bridgehead atoms. The minimum Gasteiger partial charge on any atom is -0.365 e. The summed E-state index contributed by atoms with van der Waals surface area (Å²) in [6.45, 7) is 0.537. The van der Waals surface area contributed by atoms with Crippen molar-refractivity contribution in [2.75, 3.05) is 18.0 Å². The Morgan fingerprint density at radius 3 is 2.07 bits per heavy atom. The number of nitrogens with one attached hydrogen (secondary N) is 2. The number of anilines is 1. The molecule has 0 aliphatic carbocycles. The molecular formula is C19H17F3N4O4. The van der Waals surface area contributed by atoms with E-state index in [4.69, 9.17) is 0 Å². The fourth-order valence-electron chi connectivity index (χ4n) is 4.88. The van der Waals surface area contributed by atoms with Crippen LogP contribution in [0.3, 0.4) is 0 Å². The summed E-state index contributed by atoms with van der Waals surface area (Å²) in [5, 5.41) is 5.34. The number of hydrogen-bond donors (Lipinski definition) is 2. The van der Waals surface area contributed by atoms with Gasteiger partial charge in [-0.3, -0.25) is 29.4 Å². The first-order valence-corrected chi connectivity index (χ1v) is 9.71. The van der Waals surface area contributed by atoms with Gasteiger partial charge in [0.1, 0.15) is 6.04 Å². The second kappa shape index (κ2) is 6.53. The number of carbonyl (C=O) groups excluding carboxylic acids is 4. The van der Waals surface area contributed by atoms with Gasteiger partial charge < -0.3 is 10.2 Å². The van der Waals surface area contributed by atoms with Crippen LogP contribution in [0.5, 0.6) is 0 Å². The number of nitrogens with zero attached hydrogens (tertiary/aromatic N) is 2. The first-order chi connectivity index (χ1) is 14.3. The van der Waals surface area contributed by atoms with Crippen molar-refractivity contribution < 1.29 is 32.3 Å². The molecule has 4 aliphatic rings. The van der Waals surface area contributed by atoms with E-state index in [1.807, 2.05) is 5.32 Å². The smallest absolute Gasteiger partial charge is 0.265 e. The molecule has 1 aromatic rings. The highest BCUT2D eigenvalue weighted by molar-refractivity contribution is 6.25. The third-order valence-electron chi connectivity index (χ3n) is 6.22. The quantitative estimate of drug-likeness (QED) is 0.531. The largest absolute Gasteiger partial charge is 0.365 e.